The summed E-state index contributed by atoms with van der Waals surface area (Å²) in [4.78, 5) is 23.3. The molecule has 170 valence electrons. The molecule has 11 nitrogen and oxygen atoms in total. The third kappa shape index (κ3) is 5.13. The Kier molecular flexibility index (Phi) is 6.37. The van der Waals surface area contributed by atoms with Gasteiger partial charge in [-0.15, -0.1) is 0 Å². The normalized spacial score (nSPS) is 14.2. The number of anilines is 2. The Bertz CT molecular complexity index is 1350. The molecule has 1 aliphatic rings. The minimum atomic E-state index is -4.93. The zero-order valence-electron chi connectivity index (χ0n) is 16.5. The van der Waals surface area contributed by atoms with Crippen molar-refractivity contribution in [2.75, 3.05) is 17.7 Å². The molecule has 0 atom stereocenters. The molecule has 0 saturated carbocycles. The van der Waals surface area contributed by atoms with Crippen molar-refractivity contribution in [1.29, 1.82) is 0 Å². The molecule has 1 heterocycles. The van der Waals surface area contributed by atoms with E-state index in [2.05, 4.69) is 15.4 Å². The monoisotopic (exact) mass is 482 g/mol. The summed E-state index contributed by atoms with van der Waals surface area (Å²) in [6, 6.07) is 9.19. The molecule has 1 amide bonds. The number of fused-ring (bicyclic) bond motifs is 1. The maximum absolute atomic E-state index is 12.9. The minimum absolute atomic E-state index is 0.0453. The van der Waals surface area contributed by atoms with E-state index in [1.54, 1.807) is 24.3 Å². The Morgan fingerprint density at radius 2 is 1.59 bits per heavy atom. The van der Waals surface area contributed by atoms with Crippen molar-refractivity contribution < 1.29 is 40.3 Å². The average Bonchev–Trinajstić information content (AvgIpc) is 2.83. The van der Waals surface area contributed by atoms with Gasteiger partial charge in [0, 0.05) is 17.7 Å². The van der Waals surface area contributed by atoms with Gasteiger partial charge in [0.1, 0.15) is 0 Å². The van der Waals surface area contributed by atoms with Crippen molar-refractivity contribution in [2.45, 2.75) is 22.6 Å². The number of hydrogen-bond donors (Lipinski definition) is 4. The number of benzene rings is 2. The van der Waals surface area contributed by atoms with Crippen LogP contribution in [0.1, 0.15) is 12.0 Å². The fourth-order valence-electron chi connectivity index (χ4n) is 3.10. The van der Waals surface area contributed by atoms with Gasteiger partial charge in [0.05, 0.1) is 34.7 Å². The van der Waals surface area contributed by atoms with E-state index in [1.807, 2.05) is 0 Å². The van der Waals surface area contributed by atoms with Crippen molar-refractivity contribution in [3.8, 4) is 0 Å². The Balaban J connectivity index is 2.15. The molecule has 0 aliphatic carbocycles. The molecule has 3 rings (SSSR count). The van der Waals surface area contributed by atoms with Crippen LogP contribution < -0.4 is 10.6 Å². The highest BCUT2D eigenvalue weighted by atomic mass is 32.2. The van der Waals surface area contributed by atoms with Crippen LogP contribution >= 0.6 is 0 Å². The zero-order valence-corrected chi connectivity index (χ0v) is 18.2. The molecule has 0 saturated heterocycles. The number of methoxy groups -OCH3 is 1. The molecule has 1 aliphatic heterocycles. The van der Waals surface area contributed by atoms with Crippen molar-refractivity contribution in [2.24, 2.45) is 0 Å². The van der Waals surface area contributed by atoms with Gasteiger partial charge >= 0.3 is 5.97 Å². The van der Waals surface area contributed by atoms with Gasteiger partial charge in [-0.25, -0.2) is 0 Å². The van der Waals surface area contributed by atoms with E-state index in [4.69, 9.17) is 0 Å². The molecule has 32 heavy (non-hydrogen) atoms. The molecule has 2 aromatic carbocycles. The maximum atomic E-state index is 12.9. The second-order valence-electron chi connectivity index (χ2n) is 6.73. The van der Waals surface area contributed by atoms with E-state index < -0.39 is 48.3 Å². The van der Waals surface area contributed by atoms with E-state index in [-0.39, 0.29) is 23.3 Å². The number of rotatable bonds is 6. The first-order valence-corrected chi connectivity index (χ1v) is 11.8. The van der Waals surface area contributed by atoms with Gasteiger partial charge in [0.2, 0.25) is 0 Å². The Morgan fingerprint density at radius 3 is 2.16 bits per heavy atom. The van der Waals surface area contributed by atoms with Crippen LogP contribution in [0, 0.1) is 0 Å². The van der Waals surface area contributed by atoms with Crippen molar-refractivity contribution >= 4 is 43.5 Å². The smallest absolute Gasteiger partial charge is 0.311 e. The topological polar surface area (TPSA) is 176 Å². The van der Waals surface area contributed by atoms with Crippen LogP contribution in [0.3, 0.4) is 0 Å². The van der Waals surface area contributed by atoms with Gasteiger partial charge in [-0.1, -0.05) is 18.2 Å². The second kappa shape index (κ2) is 8.70. The third-order valence-corrected chi connectivity index (χ3v) is 6.42. The van der Waals surface area contributed by atoms with E-state index in [0.717, 1.165) is 19.2 Å². The van der Waals surface area contributed by atoms with Gasteiger partial charge in [-0.3, -0.25) is 18.7 Å². The largest absolute Gasteiger partial charge is 0.469 e. The first kappa shape index (κ1) is 23.4. The first-order chi connectivity index (χ1) is 14.9. The fraction of sp³-hybridized carbons (Fsp3) is 0.158. The lowest BCUT2D eigenvalue weighted by atomic mass is 10.0. The van der Waals surface area contributed by atoms with Gasteiger partial charge in [-0.05, 0) is 29.8 Å². The summed E-state index contributed by atoms with van der Waals surface area (Å²) in [5, 5.41) is 5.62. The highest BCUT2D eigenvalue weighted by Crippen LogP contribution is 2.31. The number of hydrogen-bond acceptors (Lipinski definition) is 8. The number of carbonyl (C=O) groups excluding carboxylic acids is 2. The highest BCUT2D eigenvalue weighted by Gasteiger charge is 2.27. The summed E-state index contributed by atoms with van der Waals surface area (Å²) >= 11 is 0. The number of ether oxygens (including phenoxy) is 1. The first-order valence-electron chi connectivity index (χ1n) is 8.94. The number of carbonyl (C=O) groups is 2. The average molecular weight is 482 g/mol. The highest BCUT2D eigenvalue weighted by molar-refractivity contribution is 7.86. The zero-order chi connectivity index (χ0) is 23.7. The molecular formula is C19H18N2O9S2. The molecule has 0 unspecified atom stereocenters. The maximum Gasteiger partial charge on any atom is 0.311 e. The van der Waals surface area contributed by atoms with Gasteiger partial charge in [0.25, 0.3) is 26.1 Å². The Hall–Kier alpha value is -3.26. The molecule has 0 spiro atoms. The summed E-state index contributed by atoms with van der Waals surface area (Å²) in [6.45, 7) is 0. The number of para-hydroxylation sites is 2. The molecule has 0 bridgehead atoms. The molecule has 4 N–H and O–H groups in total. The summed E-state index contributed by atoms with van der Waals surface area (Å²) < 4.78 is 70.0. The van der Waals surface area contributed by atoms with Crippen molar-refractivity contribution in [3.05, 3.63) is 59.3 Å². The second-order valence-corrected chi connectivity index (χ2v) is 9.54. The molecule has 2 aromatic rings. The van der Waals surface area contributed by atoms with Crippen LogP contribution in [-0.4, -0.2) is 44.9 Å². The lowest BCUT2D eigenvalue weighted by Crippen LogP contribution is -2.19. The minimum Gasteiger partial charge on any atom is -0.469 e. The van der Waals surface area contributed by atoms with E-state index in [1.165, 1.54) is 0 Å². The lowest BCUT2D eigenvalue weighted by molar-refractivity contribution is -0.139. The molecule has 0 radical (unpaired) electrons. The van der Waals surface area contributed by atoms with Gasteiger partial charge in [0.15, 0.2) is 0 Å². The van der Waals surface area contributed by atoms with E-state index in [9.17, 15) is 35.5 Å². The van der Waals surface area contributed by atoms with Crippen LogP contribution in [0.15, 0.2) is 63.5 Å². The van der Waals surface area contributed by atoms with Crippen LogP contribution in [0.5, 0.6) is 0 Å². The van der Waals surface area contributed by atoms with Crippen LogP contribution in [0.4, 0.5) is 11.4 Å². The lowest BCUT2D eigenvalue weighted by Gasteiger charge is -2.14. The summed E-state index contributed by atoms with van der Waals surface area (Å²) in [7, 11) is -8.53. The Morgan fingerprint density at radius 1 is 0.969 bits per heavy atom. The molecular weight excluding hydrogens is 464 g/mol. The Labute approximate surface area is 183 Å². The summed E-state index contributed by atoms with van der Waals surface area (Å²) in [6.07, 6.45) is -0.752. The van der Waals surface area contributed by atoms with Gasteiger partial charge < -0.3 is 15.4 Å². The predicted molar refractivity (Wildman–Crippen MR) is 112 cm³/mol. The molecule has 0 aromatic heterocycles. The number of nitrogens with one attached hydrogen (secondary N) is 2. The number of esters is 1. The van der Waals surface area contributed by atoms with Gasteiger partial charge in [-0.2, -0.15) is 16.8 Å². The van der Waals surface area contributed by atoms with E-state index in [0.29, 0.717) is 17.4 Å². The van der Waals surface area contributed by atoms with Crippen molar-refractivity contribution in [1.82, 2.24) is 0 Å². The molecule has 0 fully saturated rings. The summed E-state index contributed by atoms with van der Waals surface area (Å²) in [5.74, 6) is -1.32. The fourth-order valence-corrected chi connectivity index (χ4v) is 4.43. The van der Waals surface area contributed by atoms with E-state index >= 15 is 0 Å². The van der Waals surface area contributed by atoms with Crippen molar-refractivity contribution in [3.63, 3.8) is 0 Å². The number of amides is 1. The standard InChI is InChI=1S/C19H18N2O9S2/c1-30-18(22)10-16-13(19(23)21-15-5-3-2-4-14(15)20-16)8-11-6-7-12(31(24,25)26)9-17(11)32(27,28)29/h2-7,9,20H,8,10H2,1H3,(H,21,23)(H,24,25,26)(H,27,28,29). The van der Waals surface area contributed by atoms with Crippen LogP contribution in [0.25, 0.3) is 0 Å². The molecule has 13 heteroatoms. The quantitative estimate of drug-likeness (QED) is 0.349. The third-order valence-electron chi connectivity index (χ3n) is 4.63. The predicted octanol–water partition coefficient (Wildman–Crippen LogP) is 1.60. The summed E-state index contributed by atoms with van der Waals surface area (Å²) in [5.41, 5.74) is 0.828. The SMILES string of the molecule is COC(=O)CC1=C(Cc2ccc(S(=O)(=O)O)cc2S(=O)(=O)O)C(=O)Nc2ccccc2N1. The van der Waals surface area contributed by atoms with Crippen LogP contribution in [-0.2, 0) is 41.0 Å². The van der Waals surface area contributed by atoms with Crippen LogP contribution in [0.2, 0.25) is 0 Å².